The number of carbonyl (C=O) groups is 1. The molecule has 0 aromatic rings. The van der Waals surface area contributed by atoms with E-state index in [0.717, 1.165) is 37.8 Å². The van der Waals surface area contributed by atoms with E-state index in [4.69, 9.17) is 0 Å². The monoisotopic (exact) mass is 406 g/mol. The molecule has 0 unspecified atom stereocenters. The van der Waals surface area contributed by atoms with Crippen molar-refractivity contribution in [1.29, 1.82) is 0 Å². The lowest BCUT2D eigenvalue weighted by Gasteiger charge is -2.39. The molecule has 2 aliphatic heterocycles. The maximum atomic E-state index is 12.5. The highest BCUT2D eigenvalue weighted by Gasteiger charge is 2.29. The molecule has 0 spiro atoms. The van der Waals surface area contributed by atoms with Crippen molar-refractivity contribution < 1.29 is 4.79 Å². The first-order valence-corrected chi connectivity index (χ1v) is 13.2. The number of hydrogen-bond donors (Lipinski definition) is 0. The molecule has 29 heavy (non-hydrogen) atoms. The molecular weight excluding hydrogens is 356 g/mol. The molecule has 0 aliphatic carbocycles. The second-order valence-corrected chi connectivity index (χ2v) is 10.00. The highest BCUT2D eigenvalue weighted by molar-refractivity contribution is 5.76. The van der Waals surface area contributed by atoms with Crippen LogP contribution in [0.5, 0.6) is 0 Å². The van der Waals surface area contributed by atoms with E-state index in [2.05, 4.69) is 23.8 Å². The normalized spacial score (nSPS) is 19.7. The minimum absolute atomic E-state index is 0.430. The molecule has 2 saturated heterocycles. The van der Waals surface area contributed by atoms with E-state index >= 15 is 0 Å². The minimum atomic E-state index is 0.430. The average Bonchev–Trinajstić information content (AvgIpc) is 2.75. The Hall–Kier alpha value is -0.570. The zero-order valence-corrected chi connectivity index (χ0v) is 19.8. The second kappa shape index (κ2) is 15.3. The van der Waals surface area contributed by atoms with Crippen LogP contribution in [0.15, 0.2) is 0 Å². The molecule has 0 aromatic carbocycles. The third kappa shape index (κ3) is 10.3. The first kappa shape index (κ1) is 24.7. The van der Waals surface area contributed by atoms with Gasteiger partial charge in [-0.2, -0.15) is 0 Å². The summed E-state index contributed by atoms with van der Waals surface area (Å²) in [6, 6.07) is 0. The number of carbonyl (C=O) groups excluding carboxylic acids is 1. The number of amides is 1. The van der Waals surface area contributed by atoms with Gasteiger partial charge in [-0.15, -0.1) is 0 Å². The van der Waals surface area contributed by atoms with Crippen LogP contribution in [0.1, 0.15) is 116 Å². The lowest BCUT2D eigenvalue weighted by Crippen LogP contribution is -2.42. The number of piperidine rings is 2. The van der Waals surface area contributed by atoms with Gasteiger partial charge < -0.3 is 9.80 Å². The van der Waals surface area contributed by atoms with Gasteiger partial charge in [-0.25, -0.2) is 0 Å². The van der Waals surface area contributed by atoms with E-state index in [1.165, 1.54) is 109 Å². The topological polar surface area (TPSA) is 23.6 Å². The van der Waals surface area contributed by atoms with E-state index in [1.807, 2.05) is 0 Å². The highest BCUT2D eigenvalue weighted by atomic mass is 16.2. The van der Waals surface area contributed by atoms with Crippen molar-refractivity contribution >= 4 is 5.91 Å². The molecular formula is C26H50N2O. The summed E-state index contributed by atoms with van der Waals surface area (Å²) in [5.41, 5.74) is 0. The molecule has 2 aliphatic rings. The van der Waals surface area contributed by atoms with Crippen LogP contribution in [0.4, 0.5) is 0 Å². The Morgan fingerprint density at radius 1 is 0.655 bits per heavy atom. The largest absolute Gasteiger partial charge is 0.343 e. The van der Waals surface area contributed by atoms with Gasteiger partial charge in [0, 0.05) is 19.5 Å². The molecule has 0 bridgehead atoms. The first-order chi connectivity index (χ1) is 14.2. The van der Waals surface area contributed by atoms with E-state index in [0.29, 0.717) is 5.91 Å². The molecule has 2 fully saturated rings. The summed E-state index contributed by atoms with van der Waals surface area (Å²) in [5.74, 6) is 2.22. The zero-order chi connectivity index (χ0) is 20.7. The maximum Gasteiger partial charge on any atom is 0.222 e. The summed E-state index contributed by atoms with van der Waals surface area (Å²) >= 11 is 0. The number of likely N-dealkylation sites (tertiary alicyclic amines) is 2. The predicted molar refractivity (Wildman–Crippen MR) is 125 cm³/mol. The summed E-state index contributed by atoms with van der Waals surface area (Å²) < 4.78 is 0. The average molecular weight is 407 g/mol. The van der Waals surface area contributed by atoms with Gasteiger partial charge in [0.15, 0.2) is 0 Å². The van der Waals surface area contributed by atoms with Gasteiger partial charge in [-0.05, 0) is 64.1 Å². The van der Waals surface area contributed by atoms with Crippen LogP contribution >= 0.6 is 0 Å². The van der Waals surface area contributed by atoms with E-state index < -0.39 is 0 Å². The summed E-state index contributed by atoms with van der Waals surface area (Å²) in [7, 11) is 2.24. The van der Waals surface area contributed by atoms with Gasteiger partial charge in [0.1, 0.15) is 0 Å². The molecule has 0 N–H and O–H groups in total. The Kier molecular flexibility index (Phi) is 13.0. The van der Waals surface area contributed by atoms with Gasteiger partial charge in [0.25, 0.3) is 0 Å². The standard InChI is InChI=1S/C26H50N2O/c1-3-4-5-6-7-8-9-10-11-12-13-14-15-26(29)28-22-18-25(19-23-28)24-16-20-27(2)21-17-24/h24-25H,3-23H2,1-2H3. The van der Waals surface area contributed by atoms with E-state index in [-0.39, 0.29) is 0 Å². The van der Waals surface area contributed by atoms with Crippen LogP contribution in [-0.4, -0.2) is 48.9 Å². The summed E-state index contributed by atoms with van der Waals surface area (Å²) in [6.07, 6.45) is 22.4. The fourth-order valence-corrected chi connectivity index (χ4v) is 5.40. The number of hydrogen-bond acceptors (Lipinski definition) is 2. The van der Waals surface area contributed by atoms with Crippen molar-refractivity contribution in [3.05, 3.63) is 0 Å². The van der Waals surface area contributed by atoms with Gasteiger partial charge in [0.05, 0.1) is 0 Å². The van der Waals surface area contributed by atoms with E-state index in [9.17, 15) is 4.79 Å². The third-order valence-corrected chi connectivity index (χ3v) is 7.57. The molecule has 0 radical (unpaired) electrons. The summed E-state index contributed by atoms with van der Waals surface area (Å²) in [5, 5.41) is 0. The zero-order valence-electron chi connectivity index (χ0n) is 19.8. The number of rotatable bonds is 14. The van der Waals surface area contributed by atoms with Crippen LogP contribution < -0.4 is 0 Å². The lowest BCUT2D eigenvalue weighted by atomic mass is 9.79. The van der Waals surface area contributed by atoms with Crippen molar-refractivity contribution in [2.75, 3.05) is 33.2 Å². The van der Waals surface area contributed by atoms with Crippen LogP contribution in [0.25, 0.3) is 0 Å². The predicted octanol–water partition coefficient (Wildman–Crippen LogP) is 6.66. The quantitative estimate of drug-likeness (QED) is 0.301. The summed E-state index contributed by atoms with van der Waals surface area (Å²) in [6.45, 7) is 6.86. The Balaban J connectivity index is 1.40. The fourth-order valence-electron chi connectivity index (χ4n) is 5.40. The van der Waals surface area contributed by atoms with Gasteiger partial charge in [-0.1, -0.05) is 77.6 Å². The van der Waals surface area contributed by atoms with Crippen molar-refractivity contribution in [2.24, 2.45) is 11.8 Å². The van der Waals surface area contributed by atoms with Crippen molar-refractivity contribution in [2.45, 2.75) is 116 Å². The Labute approximate surface area is 182 Å². The minimum Gasteiger partial charge on any atom is -0.343 e. The molecule has 0 saturated carbocycles. The molecule has 1 amide bonds. The van der Waals surface area contributed by atoms with Crippen LogP contribution in [0.2, 0.25) is 0 Å². The van der Waals surface area contributed by atoms with Crippen LogP contribution in [0, 0.1) is 11.8 Å². The molecule has 0 atom stereocenters. The van der Waals surface area contributed by atoms with Gasteiger partial charge in [-0.3, -0.25) is 4.79 Å². The number of unbranched alkanes of at least 4 members (excludes halogenated alkanes) is 11. The highest BCUT2D eigenvalue weighted by Crippen LogP contribution is 2.32. The molecule has 2 rings (SSSR count). The van der Waals surface area contributed by atoms with Crippen molar-refractivity contribution in [1.82, 2.24) is 9.80 Å². The Bertz CT molecular complexity index is 409. The summed E-state index contributed by atoms with van der Waals surface area (Å²) in [4.78, 5) is 17.2. The first-order valence-electron chi connectivity index (χ1n) is 13.2. The molecule has 3 nitrogen and oxygen atoms in total. The number of nitrogens with zero attached hydrogens (tertiary/aromatic N) is 2. The Morgan fingerprint density at radius 2 is 1.07 bits per heavy atom. The Morgan fingerprint density at radius 3 is 1.55 bits per heavy atom. The van der Waals surface area contributed by atoms with Crippen molar-refractivity contribution in [3.8, 4) is 0 Å². The van der Waals surface area contributed by atoms with E-state index in [1.54, 1.807) is 0 Å². The third-order valence-electron chi connectivity index (χ3n) is 7.57. The molecule has 3 heteroatoms. The van der Waals surface area contributed by atoms with Crippen LogP contribution in [-0.2, 0) is 4.79 Å². The van der Waals surface area contributed by atoms with Gasteiger partial charge in [0.2, 0.25) is 5.91 Å². The molecule has 0 aromatic heterocycles. The molecule has 2 heterocycles. The lowest BCUT2D eigenvalue weighted by molar-refractivity contribution is -0.133. The smallest absolute Gasteiger partial charge is 0.222 e. The maximum absolute atomic E-state index is 12.5. The van der Waals surface area contributed by atoms with Crippen molar-refractivity contribution in [3.63, 3.8) is 0 Å². The van der Waals surface area contributed by atoms with Crippen LogP contribution in [0.3, 0.4) is 0 Å². The second-order valence-electron chi connectivity index (χ2n) is 10.00. The molecule has 170 valence electrons. The SMILES string of the molecule is CCCCCCCCCCCCCCC(=O)N1CCC(C2CCN(C)CC2)CC1. The fraction of sp³-hybridized carbons (Fsp3) is 0.962. The van der Waals surface area contributed by atoms with Gasteiger partial charge >= 0.3 is 0 Å².